The maximum Gasteiger partial charge on any atom is 0.344 e. The van der Waals surface area contributed by atoms with Crippen molar-refractivity contribution < 1.29 is 9.53 Å². The van der Waals surface area contributed by atoms with Gasteiger partial charge in [0.15, 0.2) is 5.82 Å². The molecule has 0 bridgehead atoms. The van der Waals surface area contributed by atoms with Crippen LogP contribution in [0.1, 0.15) is 23.0 Å². The van der Waals surface area contributed by atoms with E-state index in [-0.39, 0.29) is 5.82 Å². The summed E-state index contributed by atoms with van der Waals surface area (Å²) in [5.74, 6) is -0.262. The summed E-state index contributed by atoms with van der Waals surface area (Å²) in [6.07, 6.45) is 1.74. The molecular formula is C13H16N4O2S. The van der Waals surface area contributed by atoms with E-state index in [4.69, 9.17) is 10.5 Å². The number of carbonyl (C=O) groups is 1. The summed E-state index contributed by atoms with van der Waals surface area (Å²) in [7, 11) is 1.33. The zero-order valence-corrected chi connectivity index (χ0v) is 12.2. The SMILES string of the molecule is CCN(Cc1ccccn1)c1snc(N)c1C(=O)OC. The van der Waals surface area contributed by atoms with Crippen LogP contribution in [0.2, 0.25) is 0 Å². The largest absolute Gasteiger partial charge is 0.465 e. The minimum Gasteiger partial charge on any atom is -0.465 e. The summed E-state index contributed by atoms with van der Waals surface area (Å²) >= 11 is 1.19. The molecule has 0 fully saturated rings. The highest BCUT2D eigenvalue weighted by atomic mass is 32.1. The van der Waals surface area contributed by atoms with Gasteiger partial charge in [-0.25, -0.2) is 4.79 Å². The number of rotatable bonds is 5. The fourth-order valence-electron chi connectivity index (χ4n) is 1.82. The van der Waals surface area contributed by atoms with Crippen molar-refractivity contribution >= 4 is 28.3 Å². The average Bonchev–Trinajstić information content (AvgIpc) is 2.86. The molecule has 0 aliphatic heterocycles. The minimum absolute atomic E-state index is 0.205. The second-order valence-corrected chi connectivity index (χ2v) is 4.83. The van der Waals surface area contributed by atoms with Gasteiger partial charge in [-0.15, -0.1) is 0 Å². The molecule has 106 valence electrons. The lowest BCUT2D eigenvalue weighted by molar-refractivity contribution is 0.0603. The first-order valence-electron chi connectivity index (χ1n) is 6.15. The standard InChI is InChI=1S/C13H16N4O2S/c1-3-17(8-9-6-4-5-7-15-9)12-10(13(18)19-2)11(14)16-20-12/h4-7H,3,8H2,1-2H3,(H2,14,16). The number of carbonyl (C=O) groups excluding carboxylic acids is 1. The molecule has 0 spiro atoms. The van der Waals surface area contributed by atoms with Crippen LogP contribution >= 0.6 is 11.5 Å². The van der Waals surface area contributed by atoms with E-state index in [2.05, 4.69) is 9.36 Å². The third kappa shape index (κ3) is 2.88. The number of nitrogens with two attached hydrogens (primary N) is 1. The van der Waals surface area contributed by atoms with Gasteiger partial charge in [0.1, 0.15) is 10.6 Å². The molecule has 20 heavy (non-hydrogen) atoms. The molecule has 0 saturated carbocycles. The van der Waals surface area contributed by atoms with E-state index in [1.165, 1.54) is 18.6 Å². The predicted octanol–water partition coefficient (Wildman–Crippen LogP) is 1.93. The third-order valence-electron chi connectivity index (χ3n) is 2.84. The number of hydrogen-bond donors (Lipinski definition) is 1. The number of nitrogens with zero attached hydrogens (tertiary/aromatic N) is 3. The molecule has 2 heterocycles. The topological polar surface area (TPSA) is 81.3 Å². The normalized spacial score (nSPS) is 10.3. The maximum absolute atomic E-state index is 11.8. The van der Waals surface area contributed by atoms with Crippen molar-refractivity contribution in [2.45, 2.75) is 13.5 Å². The molecule has 2 aromatic heterocycles. The Labute approximate surface area is 121 Å². The lowest BCUT2D eigenvalue weighted by atomic mass is 10.2. The van der Waals surface area contributed by atoms with Crippen LogP contribution in [-0.4, -0.2) is 29.0 Å². The summed E-state index contributed by atoms with van der Waals surface area (Å²) in [4.78, 5) is 18.1. The molecule has 2 aromatic rings. The summed E-state index contributed by atoms with van der Waals surface area (Å²) in [5.41, 5.74) is 7.00. The number of methoxy groups -OCH3 is 1. The van der Waals surface area contributed by atoms with Gasteiger partial charge in [-0.2, -0.15) is 4.37 Å². The lowest BCUT2D eigenvalue weighted by Crippen LogP contribution is -2.23. The highest BCUT2D eigenvalue weighted by Crippen LogP contribution is 2.31. The molecular weight excluding hydrogens is 276 g/mol. The number of nitrogen functional groups attached to an aromatic ring is 1. The van der Waals surface area contributed by atoms with E-state index in [0.717, 1.165) is 5.69 Å². The van der Waals surface area contributed by atoms with Gasteiger partial charge in [0.25, 0.3) is 0 Å². The highest BCUT2D eigenvalue weighted by molar-refractivity contribution is 7.11. The third-order valence-corrected chi connectivity index (χ3v) is 3.76. The van der Waals surface area contributed by atoms with Crippen molar-refractivity contribution in [3.8, 4) is 0 Å². The lowest BCUT2D eigenvalue weighted by Gasteiger charge is -2.21. The van der Waals surface area contributed by atoms with E-state index in [0.29, 0.717) is 23.7 Å². The van der Waals surface area contributed by atoms with Gasteiger partial charge in [0.05, 0.1) is 19.3 Å². The van der Waals surface area contributed by atoms with Crippen LogP contribution in [0.3, 0.4) is 0 Å². The van der Waals surface area contributed by atoms with Gasteiger partial charge in [0, 0.05) is 12.7 Å². The zero-order chi connectivity index (χ0) is 14.5. The molecule has 0 radical (unpaired) electrons. The average molecular weight is 292 g/mol. The molecule has 0 aliphatic rings. The first kappa shape index (κ1) is 14.3. The Morgan fingerprint density at radius 3 is 2.90 bits per heavy atom. The Morgan fingerprint density at radius 1 is 1.50 bits per heavy atom. The second kappa shape index (κ2) is 6.33. The summed E-state index contributed by atoms with van der Waals surface area (Å²) < 4.78 is 8.82. The van der Waals surface area contributed by atoms with Crippen LogP contribution in [0, 0.1) is 0 Å². The quantitative estimate of drug-likeness (QED) is 0.848. The van der Waals surface area contributed by atoms with Gasteiger partial charge >= 0.3 is 5.97 Å². The van der Waals surface area contributed by atoms with Crippen LogP contribution in [-0.2, 0) is 11.3 Å². The Morgan fingerprint density at radius 2 is 2.30 bits per heavy atom. The van der Waals surface area contributed by atoms with Gasteiger partial charge in [-0.3, -0.25) is 4.98 Å². The molecule has 0 aliphatic carbocycles. The second-order valence-electron chi connectivity index (χ2n) is 4.07. The summed E-state index contributed by atoms with van der Waals surface area (Å²) in [6, 6.07) is 5.73. The number of hydrogen-bond acceptors (Lipinski definition) is 7. The van der Waals surface area contributed by atoms with Crippen LogP contribution in [0.25, 0.3) is 0 Å². The number of anilines is 2. The molecule has 0 unspecified atom stereocenters. The predicted molar refractivity (Wildman–Crippen MR) is 78.8 cm³/mol. The van der Waals surface area contributed by atoms with Crippen molar-refractivity contribution in [2.24, 2.45) is 0 Å². The van der Waals surface area contributed by atoms with Crippen LogP contribution in [0.5, 0.6) is 0 Å². The molecule has 0 atom stereocenters. The van der Waals surface area contributed by atoms with Crippen molar-refractivity contribution in [3.63, 3.8) is 0 Å². The Kier molecular flexibility index (Phi) is 4.52. The number of pyridine rings is 1. The zero-order valence-electron chi connectivity index (χ0n) is 11.4. The maximum atomic E-state index is 11.8. The van der Waals surface area contributed by atoms with Gasteiger partial charge in [-0.05, 0) is 30.6 Å². The van der Waals surface area contributed by atoms with Gasteiger partial charge in [0.2, 0.25) is 0 Å². The number of aromatic nitrogens is 2. The molecule has 0 amide bonds. The highest BCUT2D eigenvalue weighted by Gasteiger charge is 2.23. The molecule has 6 nitrogen and oxygen atoms in total. The van der Waals surface area contributed by atoms with Crippen molar-refractivity contribution in [1.29, 1.82) is 0 Å². The van der Waals surface area contributed by atoms with Gasteiger partial charge < -0.3 is 15.4 Å². The smallest absolute Gasteiger partial charge is 0.344 e. The Bertz CT molecular complexity index is 585. The van der Waals surface area contributed by atoms with Crippen LogP contribution in [0.4, 0.5) is 10.8 Å². The molecule has 7 heteroatoms. The number of ether oxygens (including phenoxy) is 1. The van der Waals surface area contributed by atoms with Gasteiger partial charge in [-0.1, -0.05) is 6.07 Å². The molecule has 0 aromatic carbocycles. The fraction of sp³-hybridized carbons (Fsp3) is 0.308. The Hall–Kier alpha value is -2.15. The molecule has 0 saturated heterocycles. The van der Waals surface area contributed by atoms with Crippen molar-refractivity contribution in [1.82, 2.24) is 9.36 Å². The van der Waals surface area contributed by atoms with E-state index < -0.39 is 5.97 Å². The van der Waals surface area contributed by atoms with Crippen molar-refractivity contribution in [2.75, 3.05) is 24.3 Å². The first-order valence-corrected chi connectivity index (χ1v) is 6.93. The molecule has 2 rings (SSSR count). The fourth-order valence-corrected chi connectivity index (χ4v) is 2.68. The van der Waals surface area contributed by atoms with E-state index >= 15 is 0 Å². The van der Waals surface area contributed by atoms with E-state index in [9.17, 15) is 4.79 Å². The summed E-state index contributed by atoms with van der Waals surface area (Å²) in [6.45, 7) is 3.30. The van der Waals surface area contributed by atoms with E-state index in [1.54, 1.807) is 6.20 Å². The van der Waals surface area contributed by atoms with Crippen molar-refractivity contribution in [3.05, 3.63) is 35.7 Å². The molecule has 2 N–H and O–H groups in total. The summed E-state index contributed by atoms with van der Waals surface area (Å²) in [5, 5.41) is 0.711. The Balaban J connectivity index is 2.31. The minimum atomic E-state index is -0.467. The van der Waals surface area contributed by atoms with Crippen LogP contribution in [0.15, 0.2) is 24.4 Å². The number of esters is 1. The van der Waals surface area contributed by atoms with Crippen LogP contribution < -0.4 is 10.6 Å². The first-order chi connectivity index (χ1) is 9.67. The monoisotopic (exact) mass is 292 g/mol. The van der Waals surface area contributed by atoms with E-state index in [1.807, 2.05) is 30.0 Å².